The molecule has 2 heterocycles. The third-order valence-corrected chi connectivity index (χ3v) is 5.55. The zero-order valence-electron chi connectivity index (χ0n) is 14.8. The molecule has 2 aromatic rings. The van der Waals surface area contributed by atoms with E-state index in [0.717, 1.165) is 68.8 Å². The molecule has 0 saturated carbocycles. The number of aryl methyl sites for hydroxylation is 2. The maximum atomic E-state index is 11.9. The van der Waals surface area contributed by atoms with Crippen LogP contribution >= 0.6 is 0 Å². The average Bonchev–Trinajstić information content (AvgIpc) is 3.08. The van der Waals surface area contributed by atoms with Gasteiger partial charge >= 0.3 is 5.63 Å². The Hall–Kier alpha value is -1.69. The van der Waals surface area contributed by atoms with Crippen molar-refractivity contribution in [3.05, 3.63) is 45.3 Å². The summed E-state index contributed by atoms with van der Waals surface area (Å²) in [7, 11) is 0. The van der Waals surface area contributed by atoms with Gasteiger partial charge in [0.05, 0.1) is 26.3 Å². The molecular weight excluding hydrogens is 316 g/mol. The van der Waals surface area contributed by atoms with E-state index >= 15 is 0 Å². The summed E-state index contributed by atoms with van der Waals surface area (Å²) in [4.78, 5) is 13.6. The van der Waals surface area contributed by atoms with Gasteiger partial charge in [0.1, 0.15) is 25.2 Å². The molecule has 0 bridgehead atoms. The Labute approximate surface area is 148 Å². The molecule has 134 valence electrons. The predicted molar refractivity (Wildman–Crippen MR) is 96.0 cm³/mol. The predicted octanol–water partition coefficient (Wildman–Crippen LogP) is -0.350. The summed E-state index contributed by atoms with van der Waals surface area (Å²) in [5, 5.41) is 3.44. The third kappa shape index (κ3) is 3.94. The second-order valence-electron chi connectivity index (χ2n) is 7.31. The smallest absolute Gasteiger partial charge is 0.336 e. The topological polar surface area (TPSA) is 60.5 Å². The Morgan fingerprint density at radius 1 is 1.08 bits per heavy atom. The third-order valence-electron chi connectivity index (χ3n) is 5.55. The van der Waals surface area contributed by atoms with Gasteiger partial charge in [0.15, 0.2) is 0 Å². The van der Waals surface area contributed by atoms with Crippen LogP contribution in [0.3, 0.4) is 0 Å². The van der Waals surface area contributed by atoms with E-state index in [4.69, 9.17) is 9.15 Å². The summed E-state index contributed by atoms with van der Waals surface area (Å²) in [5.74, 6) is 0. The number of nitrogens with two attached hydrogens (primary N) is 1. The lowest BCUT2D eigenvalue weighted by molar-refractivity contribution is -0.909. The standard InChI is InChI=1S/C20H26N2O3/c23-20-13-17(14-21-5-2-6-22-7-9-24-10-8-22)18-11-15-3-1-4-16(15)12-19(18)25-20/h11-13,21H,1-10,14H2/p+2. The first-order valence-electron chi connectivity index (χ1n) is 9.61. The SMILES string of the molecule is O=c1cc(C[NH2+]CCC[NH+]2CCOCC2)c2cc3c(cc2o1)CCC3. The summed E-state index contributed by atoms with van der Waals surface area (Å²) < 4.78 is 10.9. The van der Waals surface area contributed by atoms with Gasteiger partial charge in [-0.2, -0.15) is 0 Å². The Balaban J connectivity index is 1.38. The largest absolute Gasteiger partial charge is 0.423 e. The molecule has 3 N–H and O–H groups in total. The van der Waals surface area contributed by atoms with E-state index in [1.807, 2.05) is 0 Å². The molecule has 1 aliphatic carbocycles. The molecule has 1 saturated heterocycles. The number of rotatable bonds is 6. The van der Waals surface area contributed by atoms with Gasteiger partial charge < -0.3 is 19.4 Å². The van der Waals surface area contributed by atoms with Crippen LogP contribution in [0.15, 0.2) is 27.4 Å². The second kappa shape index (κ2) is 7.68. The van der Waals surface area contributed by atoms with Crippen molar-refractivity contribution >= 4 is 11.0 Å². The highest BCUT2D eigenvalue weighted by atomic mass is 16.5. The molecule has 0 atom stereocenters. The fourth-order valence-electron chi connectivity index (χ4n) is 4.13. The number of fused-ring (bicyclic) bond motifs is 2. The normalized spacial score (nSPS) is 17.9. The van der Waals surface area contributed by atoms with Crippen LogP contribution in [-0.4, -0.2) is 39.4 Å². The molecule has 1 aromatic heterocycles. The van der Waals surface area contributed by atoms with Crippen molar-refractivity contribution in [3.8, 4) is 0 Å². The molecule has 0 amide bonds. The summed E-state index contributed by atoms with van der Waals surface area (Å²) >= 11 is 0. The van der Waals surface area contributed by atoms with Gasteiger partial charge in [0, 0.05) is 23.4 Å². The lowest BCUT2D eigenvalue weighted by Gasteiger charge is -2.23. The number of quaternary nitrogens is 2. The first-order chi connectivity index (χ1) is 12.3. The number of hydrogen-bond acceptors (Lipinski definition) is 3. The lowest BCUT2D eigenvalue weighted by Crippen LogP contribution is -3.14. The van der Waals surface area contributed by atoms with Crippen molar-refractivity contribution in [1.82, 2.24) is 0 Å². The Kier molecular flexibility index (Phi) is 5.15. The highest BCUT2D eigenvalue weighted by molar-refractivity contribution is 5.82. The highest BCUT2D eigenvalue weighted by Gasteiger charge is 2.16. The Morgan fingerprint density at radius 2 is 1.88 bits per heavy atom. The van der Waals surface area contributed by atoms with Gasteiger partial charge in [0.25, 0.3) is 0 Å². The molecule has 1 aliphatic heterocycles. The van der Waals surface area contributed by atoms with E-state index < -0.39 is 0 Å². The number of ether oxygens (including phenoxy) is 1. The molecule has 0 spiro atoms. The minimum atomic E-state index is -0.230. The van der Waals surface area contributed by atoms with Crippen LogP contribution in [0.4, 0.5) is 0 Å². The summed E-state index contributed by atoms with van der Waals surface area (Å²) in [6.07, 6.45) is 4.66. The van der Waals surface area contributed by atoms with Gasteiger partial charge in [-0.15, -0.1) is 0 Å². The van der Waals surface area contributed by atoms with Crippen LogP contribution in [0.5, 0.6) is 0 Å². The van der Waals surface area contributed by atoms with E-state index in [-0.39, 0.29) is 5.63 Å². The quantitative estimate of drug-likeness (QED) is 0.556. The van der Waals surface area contributed by atoms with Crippen LogP contribution < -0.4 is 15.8 Å². The molecule has 25 heavy (non-hydrogen) atoms. The van der Waals surface area contributed by atoms with Gasteiger partial charge in [0.2, 0.25) is 0 Å². The fraction of sp³-hybridized carbons (Fsp3) is 0.550. The van der Waals surface area contributed by atoms with Gasteiger partial charge in [-0.25, -0.2) is 4.79 Å². The molecule has 2 aliphatic rings. The van der Waals surface area contributed by atoms with E-state index in [9.17, 15) is 4.79 Å². The van der Waals surface area contributed by atoms with Crippen LogP contribution in [0.25, 0.3) is 11.0 Å². The van der Waals surface area contributed by atoms with Crippen molar-refractivity contribution in [2.75, 3.05) is 39.4 Å². The first kappa shape index (κ1) is 16.8. The number of nitrogens with one attached hydrogen (secondary N) is 1. The maximum absolute atomic E-state index is 11.9. The fourth-order valence-corrected chi connectivity index (χ4v) is 4.13. The van der Waals surface area contributed by atoms with Crippen molar-refractivity contribution in [2.24, 2.45) is 0 Å². The minimum Gasteiger partial charge on any atom is -0.423 e. The second-order valence-corrected chi connectivity index (χ2v) is 7.31. The zero-order chi connectivity index (χ0) is 17.1. The van der Waals surface area contributed by atoms with Crippen LogP contribution in [0.2, 0.25) is 0 Å². The lowest BCUT2D eigenvalue weighted by atomic mass is 10.0. The molecule has 4 rings (SSSR count). The van der Waals surface area contributed by atoms with Crippen LogP contribution in [0.1, 0.15) is 29.5 Å². The highest BCUT2D eigenvalue weighted by Crippen LogP contribution is 2.28. The number of hydrogen-bond donors (Lipinski definition) is 2. The molecule has 0 unspecified atom stereocenters. The van der Waals surface area contributed by atoms with Gasteiger partial charge in [-0.05, 0) is 42.5 Å². The summed E-state index contributed by atoms with van der Waals surface area (Å²) in [5.41, 5.74) is 4.42. The van der Waals surface area contributed by atoms with Crippen LogP contribution in [0, 0.1) is 0 Å². The zero-order valence-corrected chi connectivity index (χ0v) is 14.8. The molecule has 0 radical (unpaired) electrons. The van der Waals surface area contributed by atoms with E-state index in [0.29, 0.717) is 0 Å². The number of morpholine rings is 1. The summed E-state index contributed by atoms with van der Waals surface area (Å²) in [6, 6.07) is 6.01. The molecule has 1 fully saturated rings. The van der Waals surface area contributed by atoms with Gasteiger partial charge in [-0.1, -0.05) is 0 Å². The summed E-state index contributed by atoms with van der Waals surface area (Å²) in [6.45, 7) is 7.22. The first-order valence-corrected chi connectivity index (χ1v) is 9.61. The molecule has 5 heteroatoms. The monoisotopic (exact) mass is 344 g/mol. The van der Waals surface area contributed by atoms with Gasteiger partial charge in [-0.3, -0.25) is 0 Å². The van der Waals surface area contributed by atoms with Crippen molar-refractivity contribution < 1.29 is 19.4 Å². The van der Waals surface area contributed by atoms with Crippen molar-refractivity contribution in [3.63, 3.8) is 0 Å². The Morgan fingerprint density at radius 3 is 2.72 bits per heavy atom. The maximum Gasteiger partial charge on any atom is 0.336 e. The number of benzene rings is 1. The Bertz CT molecular complexity index is 793. The molecule has 5 nitrogen and oxygen atoms in total. The van der Waals surface area contributed by atoms with E-state index in [1.165, 1.54) is 30.5 Å². The van der Waals surface area contributed by atoms with Crippen LogP contribution in [-0.2, 0) is 24.1 Å². The van der Waals surface area contributed by atoms with Crippen molar-refractivity contribution in [1.29, 1.82) is 0 Å². The molecule has 1 aromatic carbocycles. The molecular formula is C20H28N2O3+2. The average molecular weight is 344 g/mol. The minimum absolute atomic E-state index is 0.230. The van der Waals surface area contributed by atoms with Crippen molar-refractivity contribution in [2.45, 2.75) is 32.2 Å². The van der Waals surface area contributed by atoms with E-state index in [1.54, 1.807) is 11.0 Å². The van der Waals surface area contributed by atoms with E-state index in [2.05, 4.69) is 17.4 Å².